The van der Waals surface area contributed by atoms with Crippen molar-refractivity contribution >= 4 is 33.0 Å². The largest absolute Gasteiger partial charge is 0.361 e. The lowest BCUT2D eigenvalue weighted by Gasteiger charge is -2.13. The zero-order chi connectivity index (χ0) is 10.3. The highest BCUT2D eigenvalue weighted by Gasteiger charge is 2.25. The molecular formula is C10H9ClO2S. The number of aliphatic hydroxyl groups is 2. The minimum absolute atomic E-state index is 0.389. The molecule has 2 rings (SSSR count). The van der Waals surface area contributed by atoms with Crippen LogP contribution in [0.1, 0.15) is 11.8 Å². The average Bonchev–Trinajstić information content (AvgIpc) is 2.44. The molecule has 2 N–H and O–H groups in total. The summed E-state index contributed by atoms with van der Waals surface area (Å²) in [4.78, 5) is 0.389. The van der Waals surface area contributed by atoms with Gasteiger partial charge in [0, 0.05) is 10.1 Å². The normalized spacial score (nSPS) is 12.3. The Morgan fingerprint density at radius 2 is 1.93 bits per heavy atom. The first-order valence-corrected chi connectivity index (χ1v) is 5.32. The molecule has 2 nitrogen and oxygen atoms in total. The van der Waals surface area contributed by atoms with Gasteiger partial charge < -0.3 is 10.2 Å². The van der Waals surface area contributed by atoms with Crippen molar-refractivity contribution in [3.63, 3.8) is 0 Å². The Hall–Kier alpha value is -0.610. The highest BCUT2D eigenvalue weighted by atomic mass is 35.5. The van der Waals surface area contributed by atoms with Crippen LogP contribution in [0.15, 0.2) is 24.3 Å². The van der Waals surface area contributed by atoms with Crippen LogP contribution in [0.4, 0.5) is 0 Å². The molecule has 0 fully saturated rings. The van der Waals surface area contributed by atoms with E-state index in [1.54, 1.807) is 0 Å². The maximum absolute atomic E-state index is 9.45. The maximum atomic E-state index is 9.45. The van der Waals surface area contributed by atoms with Gasteiger partial charge in [-0.2, -0.15) is 0 Å². The lowest BCUT2D eigenvalue weighted by molar-refractivity contribution is -0.149. The third-order valence-corrected chi connectivity index (χ3v) is 3.84. The monoisotopic (exact) mass is 228 g/mol. The third kappa shape index (κ3) is 1.53. The summed E-state index contributed by atoms with van der Waals surface area (Å²) in [6.45, 7) is 1.31. The van der Waals surface area contributed by atoms with Crippen LogP contribution >= 0.6 is 22.9 Å². The second-order valence-corrected chi connectivity index (χ2v) is 4.69. The average molecular weight is 229 g/mol. The van der Waals surface area contributed by atoms with Gasteiger partial charge in [-0.1, -0.05) is 29.8 Å². The molecule has 0 radical (unpaired) electrons. The van der Waals surface area contributed by atoms with Crippen LogP contribution < -0.4 is 0 Å². The quantitative estimate of drug-likeness (QED) is 0.737. The molecule has 0 amide bonds. The van der Waals surface area contributed by atoms with Crippen LogP contribution in [0.2, 0.25) is 5.02 Å². The Labute approximate surface area is 90.4 Å². The van der Waals surface area contributed by atoms with Crippen molar-refractivity contribution in [1.82, 2.24) is 0 Å². The van der Waals surface area contributed by atoms with E-state index in [0.717, 1.165) is 10.1 Å². The molecule has 0 spiro atoms. The zero-order valence-electron chi connectivity index (χ0n) is 7.49. The van der Waals surface area contributed by atoms with Gasteiger partial charge in [-0.15, -0.1) is 11.3 Å². The molecule has 0 saturated carbocycles. The SMILES string of the molecule is CC(O)(O)c1sc2ccccc2c1Cl. The molecule has 1 aromatic carbocycles. The van der Waals surface area contributed by atoms with Crippen LogP contribution in [0, 0.1) is 0 Å². The number of rotatable bonds is 1. The molecule has 0 unspecified atom stereocenters. The molecule has 0 bridgehead atoms. The fourth-order valence-corrected chi connectivity index (χ4v) is 2.87. The number of benzene rings is 1. The van der Waals surface area contributed by atoms with Crippen molar-refractivity contribution in [2.24, 2.45) is 0 Å². The number of halogens is 1. The molecule has 14 heavy (non-hydrogen) atoms. The predicted molar refractivity (Wildman–Crippen MR) is 58.6 cm³/mol. The van der Waals surface area contributed by atoms with Crippen molar-refractivity contribution < 1.29 is 10.2 Å². The minimum Gasteiger partial charge on any atom is -0.361 e. The standard InChI is InChI=1S/C10H9ClO2S/c1-10(12,13)9-8(11)6-4-2-3-5-7(6)14-9/h2-5,12-13H,1H3. The molecular weight excluding hydrogens is 220 g/mol. The summed E-state index contributed by atoms with van der Waals surface area (Å²) < 4.78 is 0.960. The van der Waals surface area contributed by atoms with Crippen LogP contribution in [-0.4, -0.2) is 10.2 Å². The topological polar surface area (TPSA) is 40.5 Å². The van der Waals surface area contributed by atoms with E-state index in [9.17, 15) is 10.2 Å². The van der Waals surface area contributed by atoms with Crippen molar-refractivity contribution in [2.45, 2.75) is 12.7 Å². The Morgan fingerprint density at radius 1 is 1.29 bits per heavy atom. The molecule has 2 aromatic rings. The molecule has 0 aliphatic heterocycles. The highest BCUT2D eigenvalue weighted by Crippen LogP contribution is 2.39. The van der Waals surface area contributed by atoms with Gasteiger partial charge in [-0.05, 0) is 13.0 Å². The zero-order valence-corrected chi connectivity index (χ0v) is 9.06. The fourth-order valence-electron chi connectivity index (χ4n) is 1.32. The second-order valence-electron chi connectivity index (χ2n) is 3.26. The van der Waals surface area contributed by atoms with Crippen LogP contribution in [0.25, 0.3) is 10.1 Å². The van der Waals surface area contributed by atoms with E-state index in [4.69, 9.17) is 11.6 Å². The Morgan fingerprint density at radius 3 is 2.50 bits per heavy atom. The molecule has 0 aliphatic rings. The van der Waals surface area contributed by atoms with Crippen LogP contribution in [0.3, 0.4) is 0 Å². The molecule has 0 saturated heterocycles. The Kier molecular flexibility index (Phi) is 2.27. The Bertz CT molecular complexity index is 470. The molecule has 1 aromatic heterocycles. The van der Waals surface area contributed by atoms with E-state index in [1.807, 2.05) is 24.3 Å². The summed E-state index contributed by atoms with van der Waals surface area (Å²) in [7, 11) is 0. The number of thiophene rings is 1. The van der Waals surface area contributed by atoms with Gasteiger partial charge in [0.2, 0.25) is 0 Å². The summed E-state index contributed by atoms with van der Waals surface area (Å²) in [6, 6.07) is 7.53. The van der Waals surface area contributed by atoms with Gasteiger partial charge in [-0.25, -0.2) is 0 Å². The maximum Gasteiger partial charge on any atom is 0.197 e. The number of hydrogen-bond donors (Lipinski definition) is 2. The molecule has 0 atom stereocenters. The van der Waals surface area contributed by atoms with Gasteiger partial charge in [-0.3, -0.25) is 0 Å². The minimum atomic E-state index is -1.86. The first kappa shape index (κ1) is 9.93. The second kappa shape index (κ2) is 3.21. The lowest BCUT2D eigenvalue weighted by atomic mass is 10.2. The van der Waals surface area contributed by atoms with E-state index >= 15 is 0 Å². The third-order valence-electron chi connectivity index (χ3n) is 1.97. The van der Waals surface area contributed by atoms with Crippen LogP contribution in [0.5, 0.6) is 0 Å². The molecule has 4 heteroatoms. The fraction of sp³-hybridized carbons (Fsp3) is 0.200. The summed E-state index contributed by atoms with van der Waals surface area (Å²) in [5.41, 5.74) is 0. The van der Waals surface area contributed by atoms with E-state index in [1.165, 1.54) is 18.3 Å². The van der Waals surface area contributed by atoms with E-state index in [2.05, 4.69) is 0 Å². The predicted octanol–water partition coefficient (Wildman–Crippen LogP) is 2.71. The van der Waals surface area contributed by atoms with Gasteiger partial charge in [0.05, 0.1) is 9.90 Å². The van der Waals surface area contributed by atoms with Gasteiger partial charge in [0.1, 0.15) is 0 Å². The first-order chi connectivity index (χ1) is 6.50. The molecule has 74 valence electrons. The van der Waals surface area contributed by atoms with Crippen molar-refractivity contribution in [3.8, 4) is 0 Å². The van der Waals surface area contributed by atoms with E-state index in [-0.39, 0.29) is 0 Å². The molecule has 0 aliphatic carbocycles. The van der Waals surface area contributed by atoms with Gasteiger partial charge in [0.25, 0.3) is 0 Å². The number of hydrogen-bond acceptors (Lipinski definition) is 3. The first-order valence-electron chi connectivity index (χ1n) is 4.12. The smallest absolute Gasteiger partial charge is 0.197 e. The summed E-state index contributed by atoms with van der Waals surface area (Å²) >= 11 is 7.33. The molecule has 1 heterocycles. The summed E-state index contributed by atoms with van der Waals surface area (Å²) in [6.07, 6.45) is 0. The van der Waals surface area contributed by atoms with Crippen molar-refractivity contribution in [1.29, 1.82) is 0 Å². The lowest BCUT2D eigenvalue weighted by Crippen LogP contribution is -2.18. The van der Waals surface area contributed by atoms with Gasteiger partial charge >= 0.3 is 0 Å². The van der Waals surface area contributed by atoms with Crippen molar-refractivity contribution in [2.75, 3.05) is 0 Å². The summed E-state index contributed by atoms with van der Waals surface area (Å²) in [5, 5.41) is 20.2. The van der Waals surface area contributed by atoms with Crippen LogP contribution in [-0.2, 0) is 5.79 Å². The van der Waals surface area contributed by atoms with Gasteiger partial charge in [0.15, 0.2) is 5.79 Å². The van der Waals surface area contributed by atoms with E-state index in [0.29, 0.717) is 9.90 Å². The van der Waals surface area contributed by atoms with E-state index < -0.39 is 5.79 Å². The summed E-state index contributed by atoms with van der Waals surface area (Å²) in [5.74, 6) is -1.86. The Balaban J connectivity index is 2.75. The number of fused-ring (bicyclic) bond motifs is 1. The van der Waals surface area contributed by atoms with Crippen molar-refractivity contribution in [3.05, 3.63) is 34.2 Å². The highest BCUT2D eigenvalue weighted by molar-refractivity contribution is 7.19.